The van der Waals surface area contributed by atoms with Crippen LogP contribution >= 0.6 is 11.8 Å². The van der Waals surface area contributed by atoms with E-state index < -0.39 is 0 Å². The lowest BCUT2D eigenvalue weighted by atomic mass is 9.91. The van der Waals surface area contributed by atoms with Gasteiger partial charge in [-0.05, 0) is 43.4 Å². The van der Waals surface area contributed by atoms with Gasteiger partial charge in [-0.3, -0.25) is 0 Å². The Morgan fingerprint density at radius 3 is 2.69 bits per heavy atom. The van der Waals surface area contributed by atoms with Crippen molar-refractivity contribution in [2.45, 2.75) is 43.9 Å². The second kappa shape index (κ2) is 5.62. The Labute approximate surface area is 103 Å². The lowest BCUT2D eigenvalue weighted by Gasteiger charge is -2.21. The zero-order chi connectivity index (χ0) is 11.4. The summed E-state index contributed by atoms with van der Waals surface area (Å²) < 4.78 is 0. The van der Waals surface area contributed by atoms with Crippen LogP contribution in [0.3, 0.4) is 0 Å². The zero-order valence-corrected chi connectivity index (χ0v) is 10.9. The van der Waals surface area contributed by atoms with E-state index in [1.165, 1.54) is 48.3 Å². The Kier molecular flexibility index (Phi) is 4.16. The zero-order valence-electron chi connectivity index (χ0n) is 10.0. The summed E-state index contributed by atoms with van der Waals surface area (Å²) in [6.45, 7) is 2.09. The highest BCUT2D eigenvalue weighted by atomic mass is 32.2. The fourth-order valence-electron chi connectivity index (χ4n) is 2.36. The molecule has 0 unspecified atom stereocenters. The van der Waals surface area contributed by atoms with Gasteiger partial charge in [0.2, 0.25) is 0 Å². The third-order valence-corrected chi connectivity index (χ3v) is 4.69. The molecule has 1 aromatic rings. The standard InChI is InChI=1S/C14H21NS/c1-11-7-8-14(13(15)9-11)16-10-12-5-3-2-4-6-12/h7-9,12H,2-6,10,15H2,1H3. The Balaban J connectivity index is 1.88. The van der Waals surface area contributed by atoms with Crippen molar-refractivity contribution in [1.29, 1.82) is 0 Å². The smallest absolute Gasteiger partial charge is 0.0454 e. The van der Waals surface area contributed by atoms with Crippen molar-refractivity contribution in [3.63, 3.8) is 0 Å². The molecular weight excluding hydrogens is 214 g/mol. The first-order valence-corrected chi connectivity index (χ1v) is 7.23. The molecule has 0 radical (unpaired) electrons. The van der Waals surface area contributed by atoms with Crippen molar-refractivity contribution in [2.24, 2.45) is 5.92 Å². The molecule has 16 heavy (non-hydrogen) atoms. The summed E-state index contributed by atoms with van der Waals surface area (Å²) in [5, 5.41) is 0. The van der Waals surface area contributed by atoms with E-state index in [4.69, 9.17) is 5.73 Å². The minimum absolute atomic E-state index is 0.916. The normalized spacial score (nSPS) is 17.6. The molecule has 2 N–H and O–H groups in total. The molecule has 1 nitrogen and oxygen atoms in total. The number of nitrogens with two attached hydrogens (primary N) is 1. The van der Waals surface area contributed by atoms with Crippen LogP contribution < -0.4 is 5.73 Å². The predicted molar refractivity (Wildman–Crippen MR) is 72.9 cm³/mol. The number of benzene rings is 1. The highest BCUT2D eigenvalue weighted by Crippen LogP contribution is 2.32. The Hall–Kier alpha value is -0.630. The van der Waals surface area contributed by atoms with Gasteiger partial charge in [0.05, 0.1) is 0 Å². The maximum absolute atomic E-state index is 6.02. The van der Waals surface area contributed by atoms with E-state index in [9.17, 15) is 0 Å². The van der Waals surface area contributed by atoms with Crippen LogP contribution in [-0.2, 0) is 0 Å². The number of nitrogen functional groups attached to an aromatic ring is 1. The molecular formula is C14H21NS. The summed E-state index contributed by atoms with van der Waals surface area (Å²) in [5.41, 5.74) is 8.21. The molecule has 0 heterocycles. The van der Waals surface area contributed by atoms with Gasteiger partial charge in [-0.15, -0.1) is 11.8 Å². The maximum Gasteiger partial charge on any atom is 0.0454 e. The fourth-order valence-corrected chi connectivity index (χ4v) is 3.50. The van der Waals surface area contributed by atoms with Gasteiger partial charge in [-0.2, -0.15) is 0 Å². The molecule has 0 spiro atoms. The molecule has 1 aromatic carbocycles. The van der Waals surface area contributed by atoms with Crippen LogP contribution in [0.2, 0.25) is 0 Å². The van der Waals surface area contributed by atoms with Crippen LogP contribution in [0.1, 0.15) is 37.7 Å². The molecule has 88 valence electrons. The molecule has 2 heteroatoms. The summed E-state index contributed by atoms with van der Waals surface area (Å²) >= 11 is 1.94. The van der Waals surface area contributed by atoms with Gasteiger partial charge in [0.25, 0.3) is 0 Å². The Bertz CT molecular complexity index is 343. The van der Waals surface area contributed by atoms with Crippen molar-refractivity contribution in [3.05, 3.63) is 23.8 Å². The molecule has 0 atom stereocenters. The largest absolute Gasteiger partial charge is 0.398 e. The van der Waals surface area contributed by atoms with Gasteiger partial charge >= 0.3 is 0 Å². The van der Waals surface area contributed by atoms with E-state index in [1.54, 1.807) is 0 Å². The number of thioether (sulfide) groups is 1. The minimum Gasteiger partial charge on any atom is -0.398 e. The lowest BCUT2D eigenvalue weighted by Crippen LogP contribution is -2.08. The van der Waals surface area contributed by atoms with Crippen molar-refractivity contribution in [2.75, 3.05) is 11.5 Å². The Morgan fingerprint density at radius 1 is 1.25 bits per heavy atom. The third-order valence-electron chi connectivity index (χ3n) is 3.36. The van der Waals surface area contributed by atoms with E-state index in [2.05, 4.69) is 25.1 Å². The summed E-state index contributed by atoms with van der Waals surface area (Å²) in [6.07, 6.45) is 7.12. The van der Waals surface area contributed by atoms with Gasteiger partial charge in [-0.25, -0.2) is 0 Å². The van der Waals surface area contributed by atoms with E-state index in [0.29, 0.717) is 0 Å². The summed E-state index contributed by atoms with van der Waals surface area (Å²) in [5.74, 6) is 2.16. The van der Waals surface area contributed by atoms with Crippen molar-refractivity contribution < 1.29 is 0 Å². The molecule has 1 fully saturated rings. The minimum atomic E-state index is 0.916. The van der Waals surface area contributed by atoms with Crippen LogP contribution in [-0.4, -0.2) is 5.75 Å². The first-order valence-electron chi connectivity index (χ1n) is 6.24. The van der Waals surface area contributed by atoms with Crippen molar-refractivity contribution in [3.8, 4) is 0 Å². The van der Waals surface area contributed by atoms with Crippen molar-refractivity contribution in [1.82, 2.24) is 0 Å². The molecule has 0 saturated heterocycles. The predicted octanol–water partition coefficient (Wildman–Crippen LogP) is 4.25. The molecule has 1 saturated carbocycles. The number of rotatable bonds is 3. The number of hydrogen-bond acceptors (Lipinski definition) is 2. The summed E-state index contributed by atoms with van der Waals surface area (Å²) in [4.78, 5) is 1.26. The van der Waals surface area contributed by atoms with E-state index in [-0.39, 0.29) is 0 Å². The second-order valence-electron chi connectivity index (χ2n) is 4.86. The average Bonchev–Trinajstić information content (AvgIpc) is 2.29. The van der Waals surface area contributed by atoms with Crippen LogP contribution in [0.15, 0.2) is 23.1 Å². The highest BCUT2D eigenvalue weighted by molar-refractivity contribution is 7.99. The summed E-state index contributed by atoms with van der Waals surface area (Å²) in [7, 11) is 0. The van der Waals surface area contributed by atoms with E-state index in [0.717, 1.165) is 11.6 Å². The lowest BCUT2D eigenvalue weighted by molar-refractivity contribution is 0.391. The van der Waals surface area contributed by atoms with E-state index >= 15 is 0 Å². The monoisotopic (exact) mass is 235 g/mol. The molecule has 2 rings (SSSR count). The topological polar surface area (TPSA) is 26.0 Å². The number of aryl methyl sites for hydroxylation is 1. The van der Waals surface area contributed by atoms with Gasteiger partial charge in [0.15, 0.2) is 0 Å². The molecule has 1 aliphatic carbocycles. The first kappa shape index (κ1) is 11.8. The van der Waals surface area contributed by atoms with Crippen LogP contribution in [0, 0.1) is 12.8 Å². The van der Waals surface area contributed by atoms with Crippen LogP contribution in [0.25, 0.3) is 0 Å². The SMILES string of the molecule is Cc1ccc(SCC2CCCCC2)c(N)c1. The molecule has 0 aromatic heterocycles. The Morgan fingerprint density at radius 2 is 2.00 bits per heavy atom. The maximum atomic E-state index is 6.02. The fraction of sp³-hybridized carbons (Fsp3) is 0.571. The molecule has 0 aliphatic heterocycles. The van der Waals surface area contributed by atoms with Crippen LogP contribution in [0.5, 0.6) is 0 Å². The van der Waals surface area contributed by atoms with Gasteiger partial charge in [0.1, 0.15) is 0 Å². The average molecular weight is 235 g/mol. The van der Waals surface area contributed by atoms with Crippen LogP contribution in [0.4, 0.5) is 5.69 Å². The molecule has 1 aliphatic rings. The van der Waals surface area contributed by atoms with Crippen molar-refractivity contribution >= 4 is 17.4 Å². The third kappa shape index (κ3) is 3.18. The van der Waals surface area contributed by atoms with Gasteiger partial charge < -0.3 is 5.73 Å². The molecule has 0 amide bonds. The number of anilines is 1. The second-order valence-corrected chi connectivity index (χ2v) is 5.92. The molecule has 0 bridgehead atoms. The number of hydrogen-bond donors (Lipinski definition) is 1. The highest BCUT2D eigenvalue weighted by Gasteiger charge is 2.13. The van der Waals surface area contributed by atoms with Gasteiger partial charge in [0, 0.05) is 16.3 Å². The van der Waals surface area contributed by atoms with E-state index in [1.807, 2.05) is 11.8 Å². The first-order chi connectivity index (χ1) is 7.75. The summed E-state index contributed by atoms with van der Waals surface area (Å²) in [6, 6.07) is 6.39. The van der Waals surface area contributed by atoms with Gasteiger partial charge in [-0.1, -0.05) is 25.3 Å². The quantitative estimate of drug-likeness (QED) is 0.626.